The molecule has 0 bridgehead atoms. The lowest BCUT2D eigenvalue weighted by atomic mass is 9.94. The van der Waals surface area contributed by atoms with Gasteiger partial charge in [0.15, 0.2) is 11.8 Å². The summed E-state index contributed by atoms with van der Waals surface area (Å²) in [5, 5.41) is 35.7. The van der Waals surface area contributed by atoms with Crippen molar-refractivity contribution in [2.45, 2.75) is 103 Å². The number of benzene rings is 2. The number of carbonyl (C=O) groups is 8. The molecule has 4 saturated heterocycles. The van der Waals surface area contributed by atoms with Crippen LogP contribution in [-0.4, -0.2) is 117 Å². The van der Waals surface area contributed by atoms with Gasteiger partial charge < -0.3 is 40.5 Å². The molecule has 0 spiro atoms. The molecule has 16 nitrogen and oxygen atoms in total. The summed E-state index contributed by atoms with van der Waals surface area (Å²) in [6.07, 6.45) is 2.99. The highest BCUT2D eigenvalue weighted by molar-refractivity contribution is 8.02. The second-order valence-electron chi connectivity index (χ2n) is 16.0. The average Bonchev–Trinajstić information content (AvgIpc) is 3.97. The number of fused-ring (bicyclic) bond motifs is 3. The van der Waals surface area contributed by atoms with Gasteiger partial charge in [0.2, 0.25) is 23.6 Å². The molecule has 4 fully saturated rings. The van der Waals surface area contributed by atoms with E-state index in [1.165, 1.54) is 50.2 Å². The van der Waals surface area contributed by atoms with Crippen molar-refractivity contribution in [3.05, 3.63) is 87.6 Å². The number of thiophene rings is 1. The second kappa shape index (κ2) is 16.2. The van der Waals surface area contributed by atoms with Crippen molar-refractivity contribution in [1.82, 2.24) is 20.4 Å². The van der Waals surface area contributed by atoms with Crippen LogP contribution in [0.25, 0.3) is 0 Å². The lowest BCUT2D eigenvalue weighted by Gasteiger charge is -2.43. The van der Waals surface area contributed by atoms with E-state index in [1.807, 2.05) is 12.1 Å². The van der Waals surface area contributed by atoms with E-state index in [0.29, 0.717) is 16.9 Å². The highest BCUT2D eigenvalue weighted by Gasteiger charge is 2.65. The number of aliphatic carboxylic acids is 3. The van der Waals surface area contributed by atoms with Crippen LogP contribution in [0.5, 0.6) is 5.75 Å². The monoisotopic (exact) mass is 878 g/mol. The topological polar surface area (TPSA) is 237 Å². The van der Waals surface area contributed by atoms with E-state index < -0.39 is 104 Å². The molecular weight excluding hydrogens is 837 g/mol. The van der Waals surface area contributed by atoms with Crippen molar-refractivity contribution in [2.75, 3.05) is 0 Å². The third kappa shape index (κ3) is 7.73. The molecule has 19 heteroatoms. The standard InChI is InChI=1S/C26H26N2O6S.C15H16N2O6S2/c1-26(2)20(24(31)32)28-22(30)19(23(28)35-26)27-21(29)18(15-7-4-3-5-8-15)25(33)34-17-12-11-14-9-6-10-16(14)13-17;1-15(2)9(14(22)23)17-11(19)8(12(17)25-15)16-10(18)7(13(20)21)6-3-4-24-5-6/h3-5,7-8,11-13,18-20,23H,6,9-10H2,1-2H3,(H,27,29)(H,31,32);3-5,7-9,12H,1-2H3,(H,16,18)(H,20,21)(H,22,23)/t18?,19-,20+,23-;7-,8-,9+,12-/m11/s1. The van der Waals surface area contributed by atoms with Crippen LogP contribution in [0.2, 0.25) is 0 Å². The van der Waals surface area contributed by atoms with Gasteiger partial charge in [-0.2, -0.15) is 11.3 Å². The van der Waals surface area contributed by atoms with Gasteiger partial charge in [0, 0.05) is 9.49 Å². The van der Waals surface area contributed by atoms with Crippen LogP contribution < -0.4 is 15.4 Å². The van der Waals surface area contributed by atoms with Crippen LogP contribution in [0.1, 0.15) is 68.2 Å². The third-order valence-corrected chi connectivity index (χ3v) is 15.1. The van der Waals surface area contributed by atoms with Gasteiger partial charge in [0.25, 0.3) is 0 Å². The van der Waals surface area contributed by atoms with Gasteiger partial charge in [0.05, 0.1) is 0 Å². The molecule has 0 radical (unpaired) electrons. The first-order valence-electron chi connectivity index (χ1n) is 19.0. The lowest BCUT2D eigenvalue weighted by molar-refractivity contribution is -0.161. The number of carboxylic acids is 3. The summed E-state index contributed by atoms with van der Waals surface area (Å²) < 4.78 is 4.21. The molecule has 3 aromatic rings. The Morgan fingerprint density at radius 2 is 1.25 bits per heavy atom. The molecule has 1 aliphatic carbocycles. The van der Waals surface area contributed by atoms with E-state index in [2.05, 4.69) is 10.6 Å². The van der Waals surface area contributed by atoms with Crippen molar-refractivity contribution in [3.63, 3.8) is 0 Å². The minimum Gasteiger partial charge on any atom is -0.480 e. The number of hydrogen-bond donors (Lipinski definition) is 5. The molecule has 5 aliphatic rings. The number of aryl methyl sites for hydroxylation is 2. The molecule has 5 heterocycles. The van der Waals surface area contributed by atoms with Gasteiger partial charge in [-0.1, -0.05) is 36.4 Å². The Labute approximate surface area is 356 Å². The number of carboxylic acid groups (broad SMARTS) is 3. The maximum absolute atomic E-state index is 13.4. The maximum atomic E-state index is 13.4. The Morgan fingerprint density at radius 1 is 0.717 bits per heavy atom. The number of esters is 1. The molecule has 2 aromatic carbocycles. The van der Waals surface area contributed by atoms with Crippen LogP contribution in [0.3, 0.4) is 0 Å². The third-order valence-electron chi connectivity index (χ3n) is 11.3. The zero-order chi connectivity index (χ0) is 43.4. The van der Waals surface area contributed by atoms with Crippen LogP contribution >= 0.6 is 34.9 Å². The quantitative estimate of drug-likeness (QED) is 0.0806. The van der Waals surface area contributed by atoms with E-state index in [-0.39, 0.29) is 0 Å². The smallest absolute Gasteiger partial charge is 0.328 e. The first-order chi connectivity index (χ1) is 28.3. The Balaban J connectivity index is 0.000000192. The minimum atomic E-state index is -1.40. The van der Waals surface area contributed by atoms with Gasteiger partial charge in [0.1, 0.15) is 40.7 Å². The van der Waals surface area contributed by atoms with Gasteiger partial charge in [-0.05, 0) is 98.2 Å². The van der Waals surface area contributed by atoms with Crippen LogP contribution in [-0.2, 0) is 51.2 Å². The predicted molar refractivity (Wildman–Crippen MR) is 219 cm³/mol. The first-order valence-corrected chi connectivity index (χ1v) is 21.7. The fourth-order valence-electron chi connectivity index (χ4n) is 8.44. The highest BCUT2D eigenvalue weighted by Crippen LogP contribution is 2.52. The summed E-state index contributed by atoms with van der Waals surface area (Å²) in [7, 11) is 0. The number of β-lactam (4-membered cyclic amide) rings is 2. The summed E-state index contributed by atoms with van der Waals surface area (Å²) in [5.74, 6) is -8.91. The van der Waals surface area contributed by atoms with E-state index in [0.717, 1.165) is 24.8 Å². The summed E-state index contributed by atoms with van der Waals surface area (Å²) in [6.45, 7) is 6.99. The zero-order valence-corrected chi connectivity index (χ0v) is 35.2. The first kappa shape index (κ1) is 42.7. The Hall–Kier alpha value is -5.40. The van der Waals surface area contributed by atoms with E-state index in [9.17, 15) is 53.7 Å². The average molecular weight is 879 g/mol. The number of nitrogens with one attached hydrogen (secondary N) is 2. The van der Waals surface area contributed by atoms with Gasteiger partial charge in [-0.3, -0.25) is 28.8 Å². The van der Waals surface area contributed by atoms with E-state index >= 15 is 0 Å². The van der Waals surface area contributed by atoms with Gasteiger partial charge in [-0.15, -0.1) is 23.5 Å². The van der Waals surface area contributed by atoms with Crippen LogP contribution in [0.4, 0.5) is 0 Å². The molecule has 0 saturated carbocycles. The second-order valence-corrected chi connectivity index (χ2v) is 20.4. The normalized spacial score (nSPS) is 26.1. The number of amides is 4. The molecule has 1 aromatic heterocycles. The number of thioether (sulfide) groups is 2. The fraction of sp³-hybridized carbons (Fsp3) is 0.415. The van der Waals surface area contributed by atoms with E-state index in [1.54, 1.807) is 80.9 Å². The van der Waals surface area contributed by atoms with Crippen LogP contribution in [0, 0.1) is 0 Å². The molecule has 1 unspecified atom stereocenters. The zero-order valence-electron chi connectivity index (χ0n) is 32.7. The largest absolute Gasteiger partial charge is 0.480 e. The molecule has 316 valence electrons. The Kier molecular flexibility index (Phi) is 11.6. The summed E-state index contributed by atoms with van der Waals surface area (Å²) >= 11 is 3.89. The summed E-state index contributed by atoms with van der Waals surface area (Å²) in [6, 6.07) is 11.8. The fourth-order valence-corrected chi connectivity index (χ4v) is 12.4. The highest BCUT2D eigenvalue weighted by atomic mass is 32.2. The number of ether oxygens (including phenoxy) is 1. The number of carbonyl (C=O) groups excluding carboxylic acids is 5. The molecule has 4 amide bonds. The molecule has 5 N–H and O–H groups in total. The lowest BCUT2D eigenvalue weighted by Crippen LogP contribution is -2.71. The van der Waals surface area contributed by atoms with Crippen molar-refractivity contribution in [3.8, 4) is 5.75 Å². The number of rotatable bonds is 11. The molecule has 8 atom stereocenters. The maximum Gasteiger partial charge on any atom is 0.328 e. The Morgan fingerprint density at radius 3 is 1.75 bits per heavy atom. The van der Waals surface area contributed by atoms with Crippen molar-refractivity contribution < 1.29 is 58.4 Å². The SMILES string of the molecule is CC1(C)S[C@@H]2[C@H](NC(=O)C(C(=O)Oc3ccc4c(c3)CCC4)c3ccccc3)C(=O)N2[C@H]1C(=O)O.CC1(C)S[C@@H]2[C@H](NC(=O)[C@H](C(=O)O)c3ccsc3)C(=O)N2[C@H]1C(=O)O. The molecule has 4 aliphatic heterocycles. The molecule has 8 rings (SSSR count). The molecular formula is C41H42N4O12S3. The van der Waals surface area contributed by atoms with E-state index in [4.69, 9.17) is 4.74 Å². The van der Waals surface area contributed by atoms with Crippen molar-refractivity contribution in [2.24, 2.45) is 0 Å². The van der Waals surface area contributed by atoms with Gasteiger partial charge >= 0.3 is 23.9 Å². The molecule has 60 heavy (non-hydrogen) atoms. The Bertz CT molecular complexity index is 2270. The predicted octanol–water partition coefficient (Wildman–Crippen LogP) is 3.04. The summed E-state index contributed by atoms with van der Waals surface area (Å²) in [5.41, 5.74) is 3.18. The summed E-state index contributed by atoms with van der Waals surface area (Å²) in [4.78, 5) is 101. The van der Waals surface area contributed by atoms with Crippen LogP contribution in [0.15, 0.2) is 65.4 Å². The van der Waals surface area contributed by atoms with Crippen molar-refractivity contribution in [1.29, 1.82) is 0 Å². The number of nitrogens with zero attached hydrogens (tertiary/aromatic N) is 2. The van der Waals surface area contributed by atoms with Gasteiger partial charge in [-0.25, -0.2) is 9.59 Å². The number of hydrogen-bond acceptors (Lipinski definition) is 12. The minimum absolute atomic E-state index is 0.349. The van der Waals surface area contributed by atoms with Crippen molar-refractivity contribution >= 4 is 82.4 Å².